The molecular weight excluding hydrogens is 448 g/mol. The van der Waals surface area contributed by atoms with Gasteiger partial charge in [-0.05, 0) is 49.2 Å². The van der Waals surface area contributed by atoms with Crippen LogP contribution in [-0.2, 0) is 14.8 Å². The summed E-state index contributed by atoms with van der Waals surface area (Å²) in [7, 11) is -0.643. The predicted octanol–water partition coefficient (Wildman–Crippen LogP) is 2.80. The second-order valence-electron chi connectivity index (χ2n) is 7.51. The number of para-hydroxylation sites is 1. The van der Waals surface area contributed by atoms with Gasteiger partial charge in [0.15, 0.2) is 0 Å². The van der Waals surface area contributed by atoms with Crippen LogP contribution in [0.2, 0.25) is 0 Å². The highest BCUT2D eigenvalue weighted by Crippen LogP contribution is 2.29. The number of ether oxygens (including phenoxy) is 2. The Bertz CT molecular complexity index is 1220. The average Bonchev–Trinajstić information content (AvgIpc) is 3.51. The fourth-order valence-corrected chi connectivity index (χ4v) is 4.71. The van der Waals surface area contributed by atoms with E-state index in [1.807, 2.05) is 6.07 Å². The van der Waals surface area contributed by atoms with Gasteiger partial charge in [0.25, 0.3) is 11.8 Å². The number of methoxy groups -OCH3 is 1. The van der Waals surface area contributed by atoms with Gasteiger partial charge in [-0.1, -0.05) is 17.2 Å². The minimum Gasteiger partial charge on any atom is -0.496 e. The summed E-state index contributed by atoms with van der Waals surface area (Å²) >= 11 is 0. The lowest BCUT2D eigenvalue weighted by Gasteiger charge is -2.20. The van der Waals surface area contributed by atoms with Crippen molar-refractivity contribution in [3.05, 3.63) is 54.1 Å². The quantitative estimate of drug-likeness (QED) is 0.531. The monoisotopic (exact) mass is 472 g/mol. The highest BCUT2D eigenvalue weighted by Gasteiger charge is 2.26. The molecule has 0 unspecified atom stereocenters. The number of amides is 1. The van der Waals surface area contributed by atoms with Gasteiger partial charge in [0.2, 0.25) is 10.0 Å². The largest absolute Gasteiger partial charge is 0.496 e. The van der Waals surface area contributed by atoms with Crippen LogP contribution in [0, 0.1) is 0 Å². The lowest BCUT2D eigenvalue weighted by molar-refractivity contribution is 0.0979. The molecule has 4 rings (SSSR count). The number of hydrogen-bond donors (Lipinski definition) is 1. The predicted molar refractivity (Wildman–Crippen MR) is 119 cm³/mol. The van der Waals surface area contributed by atoms with Crippen molar-refractivity contribution in [3.8, 4) is 17.2 Å². The van der Waals surface area contributed by atoms with E-state index < -0.39 is 15.9 Å². The number of hydrogen-bond acceptors (Lipinski definition) is 8. The fourth-order valence-electron chi connectivity index (χ4n) is 3.50. The molecule has 0 saturated carbocycles. The Balaban J connectivity index is 1.43. The summed E-state index contributed by atoms with van der Waals surface area (Å²) < 4.78 is 43.2. The van der Waals surface area contributed by atoms with Crippen LogP contribution in [0.15, 0.2) is 57.8 Å². The first-order valence-electron chi connectivity index (χ1n) is 10.3. The molecule has 1 aromatic heterocycles. The second kappa shape index (κ2) is 9.69. The third-order valence-electron chi connectivity index (χ3n) is 5.29. The van der Waals surface area contributed by atoms with Crippen molar-refractivity contribution in [2.45, 2.75) is 23.8 Å². The Labute approximate surface area is 191 Å². The minimum absolute atomic E-state index is 0.0890. The van der Waals surface area contributed by atoms with Crippen molar-refractivity contribution in [1.82, 2.24) is 14.5 Å². The molecule has 33 heavy (non-hydrogen) atoms. The van der Waals surface area contributed by atoms with Crippen LogP contribution < -0.4 is 10.1 Å². The third kappa shape index (κ3) is 5.05. The molecule has 0 spiro atoms. The van der Waals surface area contributed by atoms with Gasteiger partial charge < -0.3 is 13.9 Å². The fraction of sp³-hybridized carbons (Fsp3) is 0.318. The maximum absolute atomic E-state index is 12.8. The average molecular weight is 473 g/mol. The van der Waals surface area contributed by atoms with Gasteiger partial charge >= 0.3 is 6.01 Å². The molecule has 0 aliphatic carbocycles. The molecule has 1 aliphatic rings. The highest BCUT2D eigenvalue weighted by molar-refractivity contribution is 7.89. The Morgan fingerprint density at radius 3 is 2.64 bits per heavy atom. The van der Waals surface area contributed by atoms with Crippen molar-refractivity contribution < 1.29 is 27.1 Å². The first-order chi connectivity index (χ1) is 15.9. The number of anilines is 1. The van der Waals surface area contributed by atoms with Crippen LogP contribution in [0.25, 0.3) is 11.5 Å². The van der Waals surface area contributed by atoms with E-state index in [0.29, 0.717) is 17.9 Å². The summed E-state index contributed by atoms with van der Waals surface area (Å²) in [6.07, 6.45) is 1.68. The summed E-state index contributed by atoms with van der Waals surface area (Å²) in [6, 6.07) is 12.7. The van der Waals surface area contributed by atoms with Crippen LogP contribution in [0.5, 0.6) is 5.75 Å². The third-order valence-corrected chi connectivity index (χ3v) is 7.13. The van der Waals surface area contributed by atoms with Crippen molar-refractivity contribution in [1.29, 1.82) is 0 Å². The van der Waals surface area contributed by atoms with Crippen LogP contribution in [-0.4, -0.2) is 62.2 Å². The number of nitrogens with one attached hydrogen (secondary N) is 1. The molecule has 10 nitrogen and oxygen atoms in total. The van der Waals surface area contributed by atoms with E-state index >= 15 is 0 Å². The zero-order valence-corrected chi connectivity index (χ0v) is 19.0. The summed E-state index contributed by atoms with van der Waals surface area (Å²) in [6.45, 7) is 0.944. The van der Waals surface area contributed by atoms with E-state index in [1.54, 1.807) is 18.2 Å². The number of carbonyl (C=O) groups excluding carboxylic acids is 1. The zero-order valence-electron chi connectivity index (χ0n) is 18.2. The summed E-state index contributed by atoms with van der Waals surface area (Å²) in [5, 5.41) is 10.3. The van der Waals surface area contributed by atoms with E-state index in [9.17, 15) is 13.2 Å². The van der Waals surface area contributed by atoms with E-state index in [-0.39, 0.29) is 35.0 Å². The highest BCUT2D eigenvalue weighted by atomic mass is 32.2. The number of benzene rings is 2. The molecule has 0 bridgehead atoms. The van der Waals surface area contributed by atoms with Gasteiger partial charge in [-0.2, -0.15) is 4.31 Å². The van der Waals surface area contributed by atoms with Crippen LogP contribution >= 0.6 is 0 Å². The van der Waals surface area contributed by atoms with Crippen LogP contribution in [0.1, 0.15) is 23.2 Å². The molecule has 0 radical (unpaired) electrons. The number of likely N-dealkylation sites (N-methyl/N-ethyl adjacent to an activating group) is 1. The van der Waals surface area contributed by atoms with E-state index in [2.05, 4.69) is 15.5 Å². The smallest absolute Gasteiger partial charge is 0.322 e. The normalized spacial score (nSPS) is 16.2. The minimum atomic E-state index is -3.69. The Hall–Kier alpha value is -3.28. The molecule has 3 aromatic rings. The van der Waals surface area contributed by atoms with Crippen LogP contribution in [0.3, 0.4) is 0 Å². The van der Waals surface area contributed by atoms with Crippen molar-refractivity contribution in [2.75, 3.05) is 32.6 Å². The van der Waals surface area contributed by atoms with Gasteiger partial charge in [0, 0.05) is 25.8 Å². The van der Waals surface area contributed by atoms with Gasteiger partial charge in [-0.25, -0.2) is 8.42 Å². The molecule has 2 heterocycles. The van der Waals surface area contributed by atoms with E-state index in [0.717, 1.165) is 12.8 Å². The number of sulfonamides is 1. The zero-order chi connectivity index (χ0) is 23.4. The molecule has 1 fully saturated rings. The molecule has 1 aliphatic heterocycles. The lowest BCUT2D eigenvalue weighted by Crippen LogP contribution is -2.34. The number of carbonyl (C=O) groups is 1. The molecule has 1 N–H and O–H groups in total. The Morgan fingerprint density at radius 2 is 1.94 bits per heavy atom. The molecular formula is C22H24N4O6S. The molecule has 1 amide bonds. The van der Waals surface area contributed by atoms with E-state index in [4.69, 9.17) is 13.9 Å². The lowest BCUT2D eigenvalue weighted by atomic mass is 10.2. The van der Waals surface area contributed by atoms with Crippen LogP contribution in [0.4, 0.5) is 6.01 Å². The SMILES string of the molecule is COc1ccccc1-c1nnc(NC(=O)c2ccc(S(=O)(=O)N(C)C[C@@H]3CCCO3)cc2)o1. The first kappa shape index (κ1) is 22.9. The number of nitrogens with zero attached hydrogens (tertiary/aromatic N) is 3. The maximum atomic E-state index is 12.8. The van der Waals surface area contributed by atoms with Gasteiger partial charge in [-0.3, -0.25) is 10.1 Å². The molecule has 11 heteroatoms. The second-order valence-corrected chi connectivity index (χ2v) is 9.56. The molecule has 1 saturated heterocycles. The maximum Gasteiger partial charge on any atom is 0.322 e. The van der Waals surface area contributed by atoms with E-state index in [1.165, 1.54) is 42.7 Å². The summed E-state index contributed by atoms with van der Waals surface area (Å²) in [5.74, 6) is 0.237. The van der Waals surface area contributed by atoms with Gasteiger partial charge in [0.05, 0.1) is 23.7 Å². The molecule has 2 aromatic carbocycles. The van der Waals surface area contributed by atoms with Crippen molar-refractivity contribution in [2.24, 2.45) is 0 Å². The molecule has 1 atom stereocenters. The Kier molecular flexibility index (Phi) is 6.72. The van der Waals surface area contributed by atoms with Crippen molar-refractivity contribution in [3.63, 3.8) is 0 Å². The Morgan fingerprint density at radius 1 is 1.18 bits per heavy atom. The number of rotatable bonds is 8. The summed E-state index contributed by atoms with van der Waals surface area (Å²) in [5.41, 5.74) is 0.836. The number of aromatic nitrogens is 2. The van der Waals surface area contributed by atoms with Gasteiger partial charge in [-0.15, -0.1) is 5.10 Å². The van der Waals surface area contributed by atoms with Crippen molar-refractivity contribution >= 4 is 21.9 Å². The van der Waals surface area contributed by atoms with Gasteiger partial charge in [0.1, 0.15) is 5.75 Å². The molecule has 174 valence electrons. The standard InChI is InChI=1S/C22H24N4O6S/c1-26(14-16-6-5-13-31-16)33(28,29)17-11-9-15(10-12-17)20(27)23-22-25-24-21(32-22)18-7-3-4-8-19(18)30-2/h3-4,7-12,16H,5-6,13-14H2,1-2H3,(H,23,25,27)/t16-/m0/s1. The first-order valence-corrected chi connectivity index (χ1v) is 11.8. The summed E-state index contributed by atoms with van der Waals surface area (Å²) in [4.78, 5) is 12.7. The topological polar surface area (TPSA) is 124 Å².